The van der Waals surface area contributed by atoms with Gasteiger partial charge in [-0.3, -0.25) is 0 Å². The summed E-state index contributed by atoms with van der Waals surface area (Å²) in [5, 5.41) is 17.0. The Hall–Kier alpha value is -0.275. The molecule has 50 valence electrons. The van der Waals surface area contributed by atoms with Crippen molar-refractivity contribution in [1.82, 2.24) is 0 Å². The minimum atomic E-state index is -1.26. The molecule has 0 radical (unpaired) electrons. The number of rotatable bonds is 2. The number of hydrogen-bond donors (Lipinski definition) is 2. The van der Waals surface area contributed by atoms with Crippen molar-refractivity contribution in [2.24, 2.45) is 5.92 Å². The van der Waals surface area contributed by atoms with E-state index in [1.54, 1.807) is 0 Å². The summed E-state index contributed by atoms with van der Waals surface area (Å²) in [5.74, 6) is 2.14. The molecule has 0 heterocycles. The molecule has 1 saturated carbocycles. The number of hydrogen-bond acceptors (Lipinski definition) is 2. The molecule has 0 amide bonds. The van der Waals surface area contributed by atoms with Gasteiger partial charge in [0.25, 0.3) is 0 Å². The Bertz CT molecular complexity index is 127. The molecule has 0 saturated heterocycles. The van der Waals surface area contributed by atoms with Crippen LogP contribution >= 0.6 is 0 Å². The SMILES string of the molecule is C/C(=C\B(O)O)C1CC1. The van der Waals surface area contributed by atoms with Crippen LogP contribution < -0.4 is 0 Å². The summed E-state index contributed by atoms with van der Waals surface area (Å²) in [6.07, 6.45) is 2.43. The molecule has 0 aromatic heterocycles. The fourth-order valence-electron chi connectivity index (χ4n) is 0.910. The van der Waals surface area contributed by atoms with Crippen molar-refractivity contribution in [3.63, 3.8) is 0 Å². The minimum absolute atomic E-state index is 0.645. The van der Waals surface area contributed by atoms with Gasteiger partial charge < -0.3 is 10.0 Å². The molecule has 0 aliphatic heterocycles. The summed E-state index contributed by atoms with van der Waals surface area (Å²) in [5.41, 5.74) is 1.12. The molecule has 1 aliphatic carbocycles. The molecule has 0 aromatic rings. The van der Waals surface area contributed by atoms with E-state index >= 15 is 0 Å². The maximum atomic E-state index is 8.48. The van der Waals surface area contributed by atoms with Gasteiger partial charge in [0.15, 0.2) is 0 Å². The molecule has 9 heavy (non-hydrogen) atoms. The van der Waals surface area contributed by atoms with Gasteiger partial charge in [0.05, 0.1) is 0 Å². The monoisotopic (exact) mass is 126 g/mol. The van der Waals surface area contributed by atoms with Gasteiger partial charge in [0.2, 0.25) is 0 Å². The van der Waals surface area contributed by atoms with Gasteiger partial charge in [-0.15, -0.1) is 0 Å². The molecular weight excluding hydrogens is 115 g/mol. The molecule has 1 rings (SSSR count). The fourth-order valence-corrected chi connectivity index (χ4v) is 0.910. The van der Waals surface area contributed by atoms with E-state index in [-0.39, 0.29) is 0 Å². The Morgan fingerprint density at radius 3 is 2.44 bits per heavy atom. The number of allylic oxidation sites excluding steroid dienone is 1. The molecule has 2 nitrogen and oxygen atoms in total. The third-order valence-corrected chi connectivity index (χ3v) is 1.63. The lowest BCUT2D eigenvalue weighted by Gasteiger charge is -1.94. The van der Waals surface area contributed by atoms with E-state index in [4.69, 9.17) is 10.0 Å². The smallest absolute Gasteiger partial charge is 0.424 e. The lowest BCUT2D eigenvalue weighted by molar-refractivity contribution is 0.423. The van der Waals surface area contributed by atoms with Gasteiger partial charge in [-0.25, -0.2) is 0 Å². The van der Waals surface area contributed by atoms with E-state index < -0.39 is 7.12 Å². The van der Waals surface area contributed by atoms with Crippen molar-refractivity contribution < 1.29 is 10.0 Å². The zero-order chi connectivity index (χ0) is 6.85. The average molecular weight is 126 g/mol. The van der Waals surface area contributed by atoms with Crippen molar-refractivity contribution in [2.75, 3.05) is 0 Å². The first-order chi connectivity index (χ1) is 4.20. The lowest BCUT2D eigenvalue weighted by Crippen LogP contribution is -2.07. The van der Waals surface area contributed by atoms with Gasteiger partial charge in [-0.2, -0.15) is 0 Å². The van der Waals surface area contributed by atoms with Crippen LogP contribution in [0, 0.1) is 5.92 Å². The molecule has 0 aromatic carbocycles. The summed E-state index contributed by atoms with van der Waals surface area (Å²) in [7, 11) is -1.26. The molecule has 0 bridgehead atoms. The maximum Gasteiger partial charge on any atom is 0.480 e. The lowest BCUT2D eigenvalue weighted by atomic mass is 9.88. The van der Waals surface area contributed by atoms with Crippen LogP contribution in [0.1, 0.15) is 19.8 Å². The topological polar surface area (TPSA) is 40.5 Å². The first-order valence-corrected chi connectivity index (χ1v) is 3.24. The first-order valence-electron chi connectivity index (χ1n) is 3.24. The van der Waals surface area contributed by atoms with Crippen molar-refractivity contribution in [3.05, 3.63) is 11.5 Å². The van der Waals surface area contributed by atoms with Crippen LogP contribution in [0.15, 0.2) is 11.5 Å². The van der Waals surface area contributed by atoms with E-state index in [1.807, 2.05) is 6.92 Å². The van der Waals surface area contributed by atoms with Gasteiger partial charge >= 0.3 is 7.12 Å². The van der Waals surface area contributed by atoms with E-state index in [0.29, 0.717) is 5.92 Å². The fraction of sp³-hybridized carbons (Fsp3) is 0.667. The van der Waals surface area contributed by atoms with Crippen molar-refractivity contribution in [2.45, 2.75) is 19.8 Å². The summed E-state index contributed by atoms with van der Waals surface area (Å²) in [4.78, 5) is 0. The van der Waals surface area contributed by atoms with Crippen LogP contribution in [0.3, 0.4) is 0 Å². The van der Waals surface area contributed by atoms with Crippen LogP contribution in [0.5, 0.6) is 0 Å². The van der Waals surface area contributed by atoms with Crippen LogP contribution in [0.25, 0.3) is 0 Å². The Labute approximate surface area is 55.3 Å². The Morgan fingerprint density at radius 2 is 2.11 bits per heavy atom. The van der Waals surface area contributed by atoms with E-state index in [0.717, 1.165) is 5.57 Å². The first kappa shape index (κ1) is 6.84. The third kappa shape index (κ3) is 2.20. The predicted octanol–water partition coefficient (Wildman–Crippen LogP) is 0.355. The third-order valence-electron chi connectivity index (χ3n) is 1.63. The highest BCUT2D eigenvalue weighted by Gasteiger charge is 2.23. The van der Waals surface area contributed by atoms with E-state index in [2.05, 4.69) is 0 Å². The molecule has 3 heteroatoms. The van der Waals surface area contributed by atoms with Crippen LogP contribution in [0.2, 0.25) is 0 Å². The largest absolute Gasteiger partial charge is 0.480 e. The zero-order valence-corrected chi connectivity index (χ0v) is 5.54. The van der Waals surface area contributed by atoms with Crippen LogP contribution in [-0.2, 0) is 0 Å². The summed E-state index contributed by atoms with van der Waals surface area (Å²) >= 11 is 0. The summed E-state index contributed by atoms with van der Waals surface area (Å²) in [6.45, 7) is 1.94. The highest BCUT2D eigenvalue weighted by atomic mass is 16.4. The normalized spacial score (nSPS) is 20.1. The van der Waals surface area contributed by atoms with Gasteiger partial charge in [-0.05, 0) is 25.7 Å². The minimum Gasteiger partial charge on any atom is -0.424 e. The Balaban J connectivity index is 2.37. The highest BCUT2D eigenvalue weighted by Crippen LogP contribution is 2.35. The van der Waals surface area contributed by atoms with Crippen LogP contribution in [0.4, 0.5) is 0 Å². The van der Waals surface area contributed by atoms with Gasteiger partial charge in [0, 0.05) is 0 Å². The molecule has 2 N–H and O–H groups in total. The second-order valence-electron chi connectivity index (χ2n) is 2.60. The summed E-state index contributed by atoms with van der Waals surface area (Å²) < 4.78 is 0. The molecule has 0 unspecified atom stereocenters. The van der Waals surface area contributed by atoms with E-state index in [1.165, 1.54) is 18.8 Å². The Kier molecular flexibility index (Phi) is 1.93. The average Bonchev–Trinajstić information content (AvgIpc) is 2.40. The van der Waals surface area contributed by atoms with Gasteiger partial charge in [-0.1, -0.05) is 11.5 Å². The zero-order valence-electron chi connectivity index (χ0n) is 5.54. The van der Waals surface area contributed by atoms with Crippen molar-refractivity contribution in [1.29, 1.82) is 0 Å². The predicted molar refractivity (Wildman–Crippen MR) is 36.7 cm³/mol. The molecule has 1 fully saturated rings. The van der Waals surface area contributed by atoms with Crippen molar-refractivity contribution in [3.8, 4) is 0 Å². The van der Waals surface area contributed by atoms with Gasteiger partial charge in [0.1, 0.15) is 0 Å². The second-order valence-corrected chi connectivity index (χ2v) is 2.60. The standard InChI is InChI=1S/C6H11BO2/c1-5(4-7(8)9)6-2-3-6/h4,6,8-9H,2-3H2,1H3/b5-4+. The molecule has 0 atom stereocenters. The quantitative estimate of drug-likeness (QED) is 0.524. The second kappa shape index (κ2) is 2.54. The maximum absolute atomic E-state index is 8.48. The van der Waals surface area contributed by atoms with E-state index in [9.17, 15) is 0 Å². The molecular formula is C6H11BO2. The van der Waals surface area contributed by atoms with Crippen LogP contribution in [-0.4, -0.2) is 17.2 Å². The highest BCUT2D eigenvalue weighted by molar-refractivity contribution is 6.47. The summed E-state index contributed by atoms with van der Waals surface area (Å²) in [6, 6.07) is 0. The molecule has 1 aliphatic rings. The van der Waals surface area contributed by atoms with Crippen molar-refractivity contribution >= 4 is 7.12 Å². The Morgan fingerprint density at radius 1 is 1.56 bits per heavy atom. The molecule has 0 spiro atoms.